The second kappa shape index (κ2) is 5.29. The molecule has 0 aliphatic heterocycles. The van der Waals surface area contributed by atoms with E-state index in [1.54, 1.807) is 0 Å². The summed E-state index contributed by atoms with van der Waals surface area (Å²) in [6, 6.07) is 0.167. The van der Waals surface area contributed by atoms with Gasteiger partial charge in [-0.05, 0) is 5.92 Å². The zero-order valence-corrected chi connectivity index (χ0v) is 9.36. The van der Waals surface area contributed by atoms with E-state index < -0.39 is 0 Å². The van der Waals surface area contributed by atoms with Crippen LogP contribution in [0.15, 0.2) is 10.2 Å². The number of rotatable bonds is 5. The predicted molar refractivity (Wildman–Crippen MR) is 59.5 cm³/mol. The molecule has 4 N–H and O–H groups in total. The Morgan fingerprint density at radius 1 is 1.64 bits per heavy atom. The molecule has 1 aromatic heterocycles. The Balaban J connectivity index is 2.25. The van der Waals surface area contributed by atoms with Crippen LogP contribution in [-0.4, -0.2) is 17.6 Å². The number of nitrogens with one attached hydrogen (secondary N) is 2. The molecule has 0 saturated carbocycles. The minimum absolute atomic E-state index is 0.00467. The molecule has 0 aliphatic carbocycles. The average molecular weight is 215 g/mol. The van der Waals surface area contributed by atoms with Crippen LogP contribution < -0.4 is 15.9 Å². The first-order valence-corrected chi connectivity index (χ1v) is 5.60. The Morgan fingerprint density at radius 2 is 2.36 bits per heavy atom. The lowest BCUT2D eigenvalue weighted by Crippen LogP contribution is -2.37. The summed E-state index contributed by atoms with van der Waals surface area (Å²) in [5.41, 5.74) is 6.78. The smallest absolute Gasteiger partial charge is 0.304 e. The number of hydrogen-bond acceptors (Lipinski definition) is 4. The highest BCUT2D eigenvalue weighted by Gasteiger charge is 2.06. The van der Waals surface area contributed by atoms with E-state index in [2.05, 4.69) is 24.1 Å². The van der Waals surface area contributed by atoms with Gasteiger partial charge in [-0.15, -0.1) is 0 Å². The number of hydrogen-bond donors (Lipinski definition) is 3. The lowest BCUT2D eigenvalue weighted by atomic mass is 10.1. The van der Waals surface area contributed by atoms with Gasteiger partial charge in [-0.1, -0.05) is 25.2 Å². The van der Waals surface area contributed by atoms with Crippen molar-refractivity contribution in [3.05, 3.63) is 20.7 Å². The van der Waals surface area contributed by atoms with Crippen LogP contribution in [-0.2, 0) is 6.54 Å². The lowest BCUT2D eigenvalue weighted by molar-refractivity contribution is 0.457. The molecule has 0 radical (unpaired) electrons. The van der Waals surface area contributed by atoms with E-state index in [4.69, 9.17) is 5.73 Å². The normalized spacial score (nSPS) is 13.4. The predicted octanol–water partition coefficient (Wildman–Crippen LogP) is 0.509. The standard InChI is InChI=1S/C9H17N3OS/c1-6(2)8(10)4-11-3-7-5-14-9(13)12-7/h5-6,8,11H,3-4,10H2,1-2H3,(H,12,13). The number of aromatic nitrogens is 1. The van der Waals surface area contributed by atoms with E-state index in [-0.39, 0.29) is 10.9 Å². The highest BCUT2D eigenvalue weighted by molar-refractivity contribution is 7.07. The molecule has 14 heavy (non-hydrogen) atoms. The Hall–Kier alpha value is -0.650. The van der Waals surface area contributed by atoms with Gasteiger partial charge in [0.05, 0.1) is 0 Å². The van der Waals surface area contributed by atoms with E-state index in [9.17, 15) is 4.79 Å². The summed E-state index contributed by atoms with van der Waals surface area (Å²) in [6.07, 6.45) is 0. The third kappa shape index (κ3) is 3.61. The van der Waals surface area contributed by atoms with Crippen molar-refractivity contribution in [1.82, 2.24) is 10.3 Å². The maximum atomic E-state index is 10.8. The molecule has 0 fully saturated rings. The van der Waals surface area contributed by atoms with E-state index in [1.165, 1.54) is 11.3 Å². The summed E-state index contributed by atoms with van der Waals surface area (Å²) in [6.45, 7) is 5.65. The number of H-pyrrole nitrogens is 1. The summed E-state index contributed by atoms with van der Waals surface area (Å²) in [5, 5.41) is 5.04. The highest BCUT2D eigenvalue weighted by Crippen LogP contribution is 1.98. The topological polar surface area (TPSA) is 70.9 Å². The largest absolute Gasteiger partial charge is 0.326 e. The Morgan fingerprint density at radius 3 is 2.86 bits per heavy atom. The van der Waals surface area contributed by atoms with Gasteiger partial charge in [-0.25, -0.2) is 0 Å². The van der Waals surface area contributed by atoms with E-state index in [1.807, 2.05) is 5.38 Å². The fourth-order valence-electron chi connectivity index (χ4n) is 1.01. The van der Waals surface area contributed by atoms with Crippen LogP contribution in [0, 0.1) is 5.92 Å². The van der Waals surface area contributed by atoms with Crippen LogP contribution in [0.4, 0.5) is 0 Å². The van der Waals surface area contributed by atoms with Crippen LogP contribution in [0.1, 0.15) is 19.5 Å². The third-order valence-corrected chi connectivity index (χ3v) is 2.84. The van der Waals surface area contributed by atoms with Crippen molar-refractivity contribution in [2.45, 2.75) is 26.4 Å². The number of aromatic amines is 1. The van der Waals surface area contributed by atoms with Gasteiger partial charge in [0, 0.05) is 30.2 Å². The Bertz CT molecular complexity index is 318. The maximum absolute atomic E-state index is 10.8. The van der Waals surface area contributed by atoms with Crippen molar-refractivity contribution in [2.75, 3.05) is 6.54 Å². The molecule has 0 spiro atoms. The van der Waals surface area contributed by atoms with Gasteiger partial charge in [-0.2, -0.15) is 0 Å². The molecule has 80 valence electrons. The summed E-state index contributed by atoms with van der Waals surface area (Å²) in [7, 11) is 0. The van der Waals surface area contributed by atoms with E-state index in [0.717, 1.165) is 12.2 Å². The highest BCUT2D eigenvalue weighted by atomic mass is 32.1. The summed E-state index contributed by atoms with van der Waals surface area (Å²) in [4.78, 5) is 13.5. The Labute approximate surface area is 87.5 Å². The van der Waals surface area contributed by atoms with Gasteiger partial charge in [-0.3, -0.25) is 4.79 Å². The zero-order chi connectivity index (χ0) is 10.6. The van der Waals surface area contributed by atoms with Gasteiger partial charge in [0.1, 0.15) is 0 Å². The second-order valence-electron chi connectivity index (χ2n) is 3.71. The van der Waals surface area contributed by atoms with Crippen LogP contribution in [0.2, 0.25) is 0 Å². The molecule has 0 saturated heterocycles. The fraction of sp³-hybridized carbons (Fsp3) is 0.667. The van der Waals surface area contributed by atoms with Crippen molar-refractivity contribution >= 4 is 11.3 Å². The van der Waals surface area contributed by atoms with Crippen LogP contribution >= 0.6 is 11.3 Å². The van der Waals surface area contributed by atoms with E-state index >= 15 is 0 Å². The summed E-state index contributed by atoms with van der Waals surface area (Å²) < 4.78 is 0. The molecular weight excluding hydrogens is 198 g/mol. The fourth-order valence-corrected chi connectivity index (χ4v) is 1.59. The molecule has 1 rings (SSSR count). The first kappa shape index (κ1) is 11.4. The summed E-state index contributed by atoms with van der Waals surface area (Å²) in [5.74, 6) is 0.476. The van der Waals surface area contributed by atoms with Crippen molar-refractivity contribution < 1.29 is 0 Å². The monoisotopic (exact) mass is 215 g/mol. The first-order chi connectivity index (χ1) is 6.59. The summed E-state index contributed by atoms with van der Waals surface area (Å²) >= 11 is 1.19. The van der Waals surface area contributed by atoms with Crippen LogP contribution in [0.25, 0.3) is 0 Å². The lowest BCUT2D eigenvalue weighted by Gasteiger charge is -2.15. The van der Waals surface area contributed by atoms with Crippen molar-refractivity contribution in [2.24, 2.45) is 11.7 Å². The third-order valence-electron chi connectivity index (χ3n) is 2.12. The van der Waals surface area contributed by atoms with Crippen molar-refractivity contribution in [3.63, 3.8) is 0 Å². The van der Waals surface area contributed by atoms with Crippen LogP contribution in [0.3, 0.4) is 0 Å². The molecule has 0 bridgehead atoms. The molecule has 0 aliphatic rings. The molecule has 1 heterocycles. The molecular formula is C9H17N3OS. The maximum Gasteiger partial charge on any atom is 0.304 e. The zero-order valence-electron chi connectivity index (χ0n) is 8.54. The van der Waals surface area contributed by atoms with Gasteiger partial charge >= 0.3 is 4.87 Å². The first-order valence-electron chi connectivity index (χ1n) is 4.72. The number of thiazole rings is 1. The van der Waals surface area contributed by atoms with Gasteiger partial charge in [0.25, 0.3) is 0 Å². The molecule has 0 amide bonds. The second-order valence-corrected chi connectivity index (χ2v) is 4.55. The van der Waals surface area contributed by atoms with Gasteiger partial charge in [0.2, 0.25) is 0 Å². The average Bonchev–Trinajstić information content (AvgIpc) is 2.51. The van der Waals surface area contributed by atoms with E-state index in [0.29, 0.717) is 12.5 Å². The number of nitrogens with two attached hydrogens (primary N) is 1. The van der Waals surface area contributed by atoms with Crippen LogP contribution in [0.5, 0.6) is 0 Å². The van der Waals surface area contributed by atoms with Crippen molar-refractivity contribution in [3.8, 4) is 0 Å². The van der Waals surface area contributed by atoms with Crippen molar-refractivity contribution in [1.29, 1.82) is 0 Å². The molecule has 1 unspecified atom stereocenters. The molecule has 1 atom stereocenters. The quantitative estimate of drug-likeness (QED) is 0.670. The minimum atomic E-state index is -0.00467. The molecule has 1 aromatic rings. The minimum Gasteiger partial charge on any atom is -0.326 e. The van der Waals surface area contributed by atoms with Gasteiger partial charge < -0.3 is 16.0 Å². The molecule has 4 nitrogen and oxygen atoms in total. The Kier molecular flexibility index (Phi) is 4.31. The molecule has 0 aromatic carbocycles. The van der Waals surface area contributed by atoms with Gasteiger partial charge in [0.15, 0.2) is 0 Å². The SMILES string of the molecule is CC(C)C(N)CNCc1csc(=O)[nH]1. The molecule has 5 heteroatoms.